The van der Waals surface area contributed by atoms with Crippen LogP contribution in [0, 0.1) is 0 Å². The van der Waals surface area contributed by atoms with Crippen LogP contribution in [0.25, 0.3) is 10.9 Å². The van der Waals surface area contributed by atoms with Gasteiger partial charge in [0.1, 0.15) is 0 Å². The first-order chi connectivity index (χ1) is 12.6. The Morgan fingerprint density at radius 3 is 2.73 bits per heavy atom. The van der Waals surface area contributed by atoms with Gasteiger partial charge in [-0.3, -0.25) is 4.90 Å². The van der Waals surface area contributed by atoms with Gasteiger partial charge in [-0.2, -0.15) is 0 Å². The van der Waals surface area contributed by atoms with Crippen molar-refractivity contribution in [2.45, 2.75) is 25.3 Å². The molecule has 3 aromatic rings. The second-order valence-electron chi connectivity index (χ2n) is 6.95. The zero-order valence-electron chi connectivity index (χ0n) is 14.4. The Labute approximate surface area is 157 Å². The lowest BCUT2D eigenvalue weighted by molar-refractivity contribution is 0.0696. The molecule has 1 aromatic heterocycles. The third kappa shape index (κ3) is 3.35. The van der Waals surface area contributed by atoms with Crippen LogP contribution < -0.4 is 0 Å². The SMILES string of the molecule is O=C(O)c1ccc(Cl)c(CN2CCC(c3c[nH]c4ccccc34)CC2)c1. The molecule has 2 heterocycles. The molecule has 2 aromatic carbocycles. The first-order valence-corrected chi connectivity index (χ1v) is 9.29. The Hall–Kier alpha value is -2.30. The number of aromatic carboxylic acids is 1. The van der Waals surface area contributed by atoms with Crippen LogP contribution in [0.15, 0.2) is 48.7 Å². The molecule has 1 fully saturated rings. The summed E-state index contributed by atoms with van der Waals surface area (Å²) in [6, 6.07) is 13.4. The minimum absolute atomic E-state index is 0.290. The second-order valence-corrected chi connectivity index (χ2v) is 7.36. The lowest BCUT2D eigenvalue weighted by Gasteiger charge is -2.32. The van der Waals surface area contributed by atoms with Crippen LogP contribution >= 0.6 is 11.6 Å². The summed E-state index contributed by atoms with van der Waals surface area (Å²) in [5.74, 6) is -0.357. The number of carboxylic acid groups (broad SMARTS) is 1. The molecule has 134 valence electrons. The maximum Gasteiger partial charge on any atom is 0.335 e. The highest BCUT2D eigenvalue weighted by molar-refractivity contribution is 6.31. The number of aromatic amines is 1. The van der Waals surface area contributed by atoms with Gasteiger partial charge in [-0.1, -0.05) is 29.8 Å². The fraction of sp³-hybridized carbons (Fsp3) is 0.286. The average Bonchev–Trinajstić information content (AvgIpc) is 3.08. The molecule has 2 N–H and O–H groups in total. The average molecular weight is 369 g/mol. The van der Waals surface area contributed by atoms with Gasteiger partial charge < -0.3 is 10.1 Å². The molecule has 0 spiro atoms. The quantitative estimate of drug-likeness (QED) is 0.688. The molecule has 4 nitrogen and oxygen atoms in total. The summed E-state index contributed by atoms with van der Waals surface area (Å²) in [4.78, 5) is 16.9. The number of nitrogens with zero attached hydrogens (tertiary/aromatic N) is 1. The molecule has 5 heteroatoms. The van der Waals surface area contributed by atoms with Gasteiger partial charge in [0.15, 0.2) is 0 Å². The van der Waals surface area contributed by atoms with Gasteiger partial charge in [-0.25, -0.2) is 4.79 Å². The Balaban J connectivity index is 1.44. The number of H-pyrrole nitrogens is 1. The van der Waals surface area contributed by atoms with E-state index in [0.717, 1.165) is 31.5 Å². The standard InChI is InChI=1S/C21H21ClN2O2/c22-19-6-5-15(21(25)26)11-16(19)13-24-9-7-14(8-10-24)18-12-23-20-4-2-1-3-17(18)20/h1-6,11-12,14,23H,7-10,13H2,(H,25,26). The monoisotopic (exact) mass is 368 g/mol. The number of halogens is 1. The number of fused-ring (bicyclic) bond motifs is 1. The zero-order chi connectivity index (χ0) is 18.1. The largest absolute Gasteiger partial charge is 0.478 e. The van der Waals surface area contributed by atoms with Crippen molar-refractivity contribution in [3.05, 3.63) is 70.4 Å². The summed E-state index contributed by atoms with van der Waals surface area (Å²) in [6.07, 6.45) is 4.34. The van der Waals surface area contributed by atoms with E-state index in [1.807, 2.05) is 0 Å². The van der Waals surface area contributed by atoms with Crippen LogP contribution in [0.3, 0.4) is 0 Å². The Morgan fingerprint density at radius 2 is 1.96 bits per heavy atom. The van der Waals surface area contributed by atoms with Crippen molar-refractivity contribution in [1.82, 2.24) is 9.88 Å². The molecule has 4 rings (SSSR count). The number of carboxylic acids is 1. The van der Waals surface area contributed by atoms with Crippen LogP contribution in [-0.2, 0) is 6.54 Å². The number of hydrogen-bond acceptors (Lipinski definition) is 2. The molecular formula is C21H21ClN2O2. The van der Waals surface area contributed by atoms with Crippen molar-refractivity contribution in [3.8, 4) is 0 Å². The summed E-state index contributed by atoms with van der Waals surface area (Å²) in [5.41, 5.74) is 3.78. The van der Waals surface area contributed by atoms with Gasteiger partial charge >= 0.3 is 5.97 Å². The maximum absolute atomic E-state index is 11.2. The number of likely N-dealkylation sites (tertiary alicyclic amines) is 1. The molecule has 0 radical (unpaired) electrons. The van der Waals surface area contributed by atoms with Crippen LogP contribution in [0.5, 0.6) is 0 Å². The number of benzene rings is 2. The predicted octanol–water partition coefficient (Wildman–Crippen LogP) is 4.90. The highest BCUT2D eigenvalue weighted by atomic mass is 35.5. The van der Waals surface area contributed by atoms with E-state index >= 15 is 0 Å². The summed E-state index contributed by atoms with van der Waals surface area (Å²) < 4.78 is 0. The van der Waals surface area contributed by atoms with Crippen molar-refractivity contribution < 1.29 is 9.90 Å². The first kappa shape index (κ1) is 17.1. The fourth-order valence-electron chi connectivity index (χ4n) is 3.90. The number of para-hydroxylation sites is 1. The minimum Gasteiger partial charge on any atom is -0.478 e. The molecular weight excluding hydrogens is 348 g/mol. The van der Waals surface area contributed by atoms with E-state index in [1.165, 1.54) is 16.5 Å². The number of aromatic nitrogens is 1. The Morgan fingerprint density at radius 1 is 1.19 bits per heavy atom. The normalized spacial score (nSPS) is 16.2. The van der Waals surface area contributed by atoms with E-state index in [9.17, 15) is 9.90 Å². The van der Waals surface area contributed by atoms with Crippen molar-refractivity contribution in [3.63, 3.8) is 0 Å². The highest BCUT2D eigenvalue weighted by Gasteiger charge is 2.23. The second kappa shape index (κ2) is 7.14. The Bertz CT molecular complexity index is 942. The molecule has 0 aliphatic carbocycles. The summed E-state index contributed by atoms with van der Waals surface area (Å²) in [5, 5.41) is 11.1. The number of rotatable bonds is 4. The predicted molar refractivity (Wildman–Crippen MR) is 104 cm³/mol. The van der Waals surface area contributed by atoms with Crippen molar-refractivity contribution in [2.75, 3.05) is 13.1 Å². The third-order valence-electron chi connectivity index (χ3n) is 5.34. The van der Waals surface area contributed by atoms with Crippen molar-refractivity contribution in [2.24, 2.45) is 0 Å². The number of nitrogens with one attached hydrogen (secondary N) is 1. The lowest BCUT2D eigenvalue weighted by Crippen LogP contribution is -2.32. The van der Waals surface area contributed by atoms with E-state index in [2.05, 4.69) is 40.3 Å². The zero-order valence-corrected chi connectivity index (χ0v) is 15.2. The van der Waals surface area contributed by atoms with Gasteiger partial charge in [-0.05, 0) is 67.2 Å². The molecule has 1 aliphatic heterocycles. The van der Waals surface area contributed by atoms with E-state index in [1.54, 1.807) is 18.2 Å². The Kier molecular flexibility index (Phi) is 4.70. The maximum atomic E-state index is 11.2. The van der Waals surface area contributed by atoms with Gasteiger partial charge in [0.05, 0.1) is 5.56 Å². The smallest absolute Gasteiger partial charge is 0.335 e. The topological polar surface area (TPSA) is 56.3 Å². The summed E-state index contributed by atoms with van der Waals surface area (Å²) >= 11 is 6.27. The summed E-state index contributed by atoms with van der Waals surface area (Å²) in [7, 11) is 0. The number of hydrogen-bond donors (Lipinski definition) is 2. The molecule has 26 heavy (non-hydrogen) atoms. The molecule has 0 unspecified atom stereocenters. The third-order valence-corrected chi connectivity index (χ3v) is 5.70. The fourth-order valence-corrected chi connectivity index (χ4v) is 4.08. The van der Waals surface area contributed by atoms with Crippen LogP contribution in [-0.4, -0.2) is 34.0 Å². The first-order valence-electron chi connectivity index (χ1n) is 8.92. The van der Waals surface area contributed by atoms with Gasteiger partial charge in [0.2, 0.25) is 0 Å². The molecule has 0 amide bonds. The van der Waals surface area contributed by atoms with Gasteiger partial charge in [0, 0.05) is 28.7 Å². The number of piperidine rings is 1. The van der Waals surface area contributed by atoms with E-state index in [-0.39, 0.29) is 5.56 Å². The van der Waals surface area contributed by atoms with Crippen LogP contribution in [0.1, 0.15) is 40.2 Å². The van der Waals surface area contributed by atoms with Crippen LogP contribution in [0.2, 0.25) is 5.02 Å². The number of carbonyl (C=O) groups is 1. The molecule has 1 aliphatic rings. The van der Waals surface area contributed by atoms with E-state index in [0.29, 0.717) is 17.5 Å². The van der Waals surface area contributed by atoms with Crippen LogP contribution in [0.4, 0.5) is 0 Å². The molecule has 0 atom stereocenters. The van der Waals surface area contributed by atoms with Gasteiger partial charge in [0.25, 0.3) is 0 Å². The van der Waals surface area contributed by atoms with Crippen molar-refractivity contribution in [1.29, 1.82) is 0 Å². The van der Waals surface area contributed by atoms with E-state index < -0.39 is 5.97 Å². The molecule has 0 bridgehead atoms. The minimum atomic E-state index is -0.916. The molecule has 1 saturated heterocycles. The highest BCUT2D eigenvalue weighted by Crippen LogP contribution is 2.33. The summed E-state index contributed by atoms with van der Waals surface area (Å²) in [6.45, 7) is 2.66. The molecule has 0 saturated carbocycles. The van der Waals surface area contributed by atoms with E-state index in [4.69, 9.17) is 11.6 Å². The van der Waals surface area contributed by atoms with Gasteiger partial charge in [-0.15, -0.1) is 0 Å². The lowest BCUT2D eigenvalue weighted by atomic mass is 9.89. The van der Waals surface area contributed by atoms with Crippen molar-refractivity contribution >= 4 is 28.5 Å².